The van der Waals surface area contributed by atoms with Crippen molar-refractivity contribution in [3.63, 3.8) is 0 Å². The Bertz CT molecular complexity index is 710. The van der Waals surface area contributed by atoms with Crippen LogP contribution in [0.5, 0.6) is 0 Å². The lowest BCUT2D eigenvalue weighted by atomic mass is 9.99. The van der Waals surface area contributed by atoms with Gasteiger partial charge in [-0.15, -0.1) is 0 Å². The summed E-state index contributed by atoms with van der Waals surface area (Å²) in [6.07, 6.45) is 0.524. The van der Waals surface area contributed by atoms with E-state index in [-0.39, 0.29) is 35.7 Å². The Balaban J connectivity index is 0. The molecule has 31 heavy (non-hydrogen) atoms. The van der Waals surface area contributed by atoms with E-state index in [9.17, 15) is 13.2 Å². The summed E-state index contributed by atoms with van der Waals surface area (Å²) in [4.78, 5) is 13.0. The first-order valence-electron chi connectivity index (χ1n) is 10.1. The molecule has 0 bridgehead atoms. The van der Waals surface area contributed by atoms with Crippen LogP contribution in [0.1, 0.15) is 55.4 Å². The van der Waals surface area contributed by atoms with E-state index in [4.69, 9.17) is 24.6 Å². The van der Waals surface area contributed by atoms with Gasteiger partial charge in [-0.3, -0.25) is 8.98 Å². The average Bonchev–Trinajstić information content (AvgIpc) is 2.52. The maximum absolute atomic E-state index is 11.2. The van der Waals surface area contributed by atoms with Gasteiger partial charge >= 0.3 is 5.97 Å². The van der Waals surface area contributed by atoms with Crippen molar-refractivity contribution in [2.75, 3.05) is 19.4 Å². The Labute approximate surface area is 189 Å². The Kier molecular flexibility index (Phi) is 13.2. The molecule has 0 aromatic rings. The molecule has 0 radical (unpaired) electrons. The first-order chi connectivity index (χ1) is 13.6. The average molecular weight is 483 g/mol. The smallest absolute Gasteiger partial charge is 0.303 e. The van der Waals surface area contributed by atoms with Crippen molar-refractivity contribution in [1.29, 1.82) is 0 Å². The van der Waals surface area contributed by atoms with E-state index in [0.29, 0.717) is 0 Å². The third-order valence-corrected chi connectivity index (χ3v) is 9.62. The number of azide groups is 1. The second kappa shape index (κ2) is 12.8. The monoisotopic (exact) mass is 482 g/mol. The van der Waals surface area contributed by atoms with Crippen LogP contribution in [0.3, 0.4) is 0 Å². The van der Waals surface area contributed by atoms with E-state index in [0.717, 1.165) is 6.26 Å². The predicted octanol–water partition coefficient (Wildman–Crippen LogP) is 3.97. The highest BCUT2D eigenvalue weighted by Crippen LogP contribution is 2.38. The zero-order valence-corrected chi connectivity index (χ0v) is 22.7. The van der Waals surface area contributed by atoms with Gasteiger partial charge in [0.1, 0.15) is 5.60 Å². The van der Waals surface area contributed by atoms with Gasteiger partial charge in [-0.2, -0.15) is 8.42 Å². The Morgan fingerprint density at radius 2 is 1.68 bits per heavy atom. The molecule has 0 aliphatic carbocycles. The molecule has 10 nitrogen and oxygen atoms in total. The van der Waals surface area contributed by atoms with Gasteiger partial charge in [0.25, 0.3) is 10.1 Å². The molecular formula is C19H42N4O6SSi. The Hall–Kier alpha value is -1.17. The van der Waals surface area contributed by atoms with E-state index in [1.54, 1.807) is 0 Å². The number of hydrogen-bond donors (Lipinski definition) is 1. The van der Waals surface area contributed by atoms with Crippen LogP contribution >= 0.6 is 0 Å². The van der Waals surface area contributed by atoms with E-state index in [2.05, 4.69) is 43.9 Å². The number of nitrogens with zero attached hydrogens (tertiary/aromatic N) is 3. The van der Waals surface area contributed by atoms with Gasteiger partial charge in [0.05, 0.1) is 25.0 Å². The summed E-state index contributed by atoms with van der Waals surface area (Å²) >= 11 is 0. The van der Waals surface area contributed by atoms with Gasteiger partial charge in [0, 0.05) is 18.4 Å². The number of esters is 1. The molecule has 0 saturated heterocycles. The van der Waals surface area contributed by atoms with Crippen molar-refractivity contribution in [3.8, 4) is 0 Å². The molecule has 0 rings (SSSR count). The fraction of sp³-hybridized carbons (Fsp3) is 0.947. The second-order valence-electron chi connectivity index (χ2n) is 10.1. The number of ether oxygens (including phenoxy) is 1. The van der Waals surface area contributed by atoms with Crippen LogP contribution in [0.25, 0.3) is 10.4 Å². The van der Waals surface area contributed by atoms with Gasteiger partial charge in [-0.1, -0.05) is 32.8 Å². The third kappa shape index (κ3) is 16.2. The first kappa shape index (κ1) is 32.0. The van der Waals surface area contributed by atoms with Crippen LogP contribution in [0, 0.1) is 5.92 Å². The molecule has 0 spiro atoms. The molecule has 184 valence electrons. The zero-order chi connectivity index (χ0) is 25.3. The molecule has 0 heterocycles. The summed E-state index contributed by atoms with van der Waals surface area (Å²) in [7, 11) is -5.70. The standard InChI is InChI=1S/C13H30N4O4SSi.C6H12O2/c1-10(8-16-17-15)12(11(14)9-20-22(5,18)19)21-23(6,7)13(2,3)4;1-5(7)8-6(2,3)4/h10-12H,8-9,14H2,1-7H3;1-4H3/t10-,11?,12+;/m0./s1. The van der Waals surface area contributed by atoms with Gasteiger partial charge < -0.3 is 14.9 Å². The van der Waals surface area contributed by atoms with Crippen molar-refractivity contribution in [2.45, 2.75) is 91.3 Å². The maximum atomic E-state index is 11.2. The molecule has 0 aromatic heterocycles. The lowest BCUT2D eigenvalue weighted by molar-refractivity contribution is -0.151. The highest BCUT2D eigenvalue weighted by Gasteiger charge is 2.41. The quantitative estimate of drug-likeness (QED) is 0.130. The van der Waals surface area contributed by atoms with E-state index >= 15 is 0 Å². The maximum Gasteiger partial charge on any atom is 0.303 e. The molecule has 2 N–H and O–H groups in total. The van der Waals surface area contributed by atoms with Gasteiger partial charge in [-0.25, -0.2) is 0 Å². The summed E-state index contributed by atoms with van der Waals surface area (Å²) in [5.74, 6) is -0.379. The molecule has 0 aliphatic heterocycles. The molecule has 0 aromatic carbocycles. The van der Waals surface area contributed by atoms with Crippen molar-refractivity contribution in [1.82, 2.24) is 0 Å². The van der Waals surface area contributed by atoms with Crippen LogP contribution in [0.4, 0.5) is 0 Å². The third-order valence-electron chi connectivity index (χ3n) is 4.58. The summed E-state index contributed by atoms with van der Waals surface area (Å²) in [6, 6.07) is -0.636. The van der Waals surface area contributed by atoms with Crippen LogP contribution in [-0.4, -0.2) is 59.9 Å². The highest BCUT2D eigenvalue weighted by atomic mass is 32.2. The molecule has 0 amide bonds. The van der Waals surface area contributed by atoms with Gasteiger partial charge in [0.2, 0.25) is 0 Å². The summed E-state index contributed by atoms with van der Waals surface area (Å²) in [5, 5.41) is 3.55. The number of carbonyl (C=O) groups excluding carboxylic acids is 1. The molecular weight excluding hydrogens is 440 g/mol. The van der Waals surface area contributed by atoms with Gasteiger partial charge in [-0.05, 0) is 50.4 Å². The lowest BCUT2D eigenvalue weighted by Crippen LogP contribution is -2.53. The largest absolute Gasteiger partial charge is 0.460 e. The minimum atomic E-state index is -3.57. The summed E-state index contributed by atoms with van der Waals surface area (Å²) < 4.78 is 38.3. The Morgan fingerprint density at radius 3 is 1.97 bits per heavy atom. The molecule has 3 atom stereocenters. The highest BCUT2D eigenvalue weighted by molar-refractivity contribution is 7.85. The van der Waals surface area contributed by atoms with Crippen molar-refractivity contribution in [2.24, 2.45) is 16.8 Å². The minimum absolute atomic E-state index is 0.0269. The fourth-order valence-electron chi connectivity index (χ4n) is 2.14. The van der Waals surface area contributed by atoms with Gasteiger partial charge in [0.15, 0.2) is 8.32 Å². The SMILES string of the molecule is CC(=O)OC(C)(C)C.C[C@@H](CN=[N+]=[N-])[C@@H](O[Si](C)(C)C(C)(C)C)C(N)COS(C)(=O)=O. The second-order valence-corrected chi connectivity index (χ2v) is 16.5. The number of hydrogen-bond acceptors (Lipinski definition) is 8. The first-order valence-corrected chi connectivity index (χ1v) is 14.8. The zero-order valence-electron chi connectivity index (χ0n) is 20.9. The van der Waals surface area contributed by atoms with Crippen molar-refractivity contribution < 1.29 is 26.6 Å². The van der Waals surface area contributed by atoms with Crippen LogP contribution < -0.4 is 5.73 Å². The normalized spacial score (nSPS) is 15.6. The van der Waals surface area contributed by atoms with E-state index in [1.165, 1.54) is 6.92 Å². The fourth-order valence-corrected chi connectivity index (χ4v) is 3.99. The summed E-state index contributed by atoms with van der Waals surface area (Å²) in [5.41, 5.74) is 14.3. The molecule has 0 aliphatic rings. The van der Waals surface area contributed by atoms with Crippen molar-refractivity contribution in [3.05, 3.63) is 10.4 Å². The molecule has 12 heteroatoms. The van der Waals surface area contributed by atoms with E-state index in [1.807, 2.05) is 27.7 Å². The Morgan fingerprint density at radius 1 is 1.19 bits per heavy atom. The lowest BCUT2D eigenvalue weighted by Gasteiger charge is -2.42. The summed E-state index contributed by atoms with van der Waals surface area (Å²) in [6.45, 7) is 19.3. The number of rotatable bonds is 9. The van der Waals surface area contributed by atoms with E-state index < -0.39 is 30.6 Å². The number of nitrogens with two attached hydrogens (primary N) is 1. The topological polar surface area (TPSA) is 154 Å². The van der Waals surface area contributed by atoms with Crippen LogP contribution in [0.2, 0.25) is 18.1 Å². The predicted molar refractivity (Wildman–Crippen MR) is 126 cm³/mol. The molecule has 0 saturated carbocycles. The molecule has 0 fully saturated rings. The van der Waals surface area contributed by atoms with Crippen LogP contribution in [-0.2, 0) is 28.3 Å². The molecule has 1 unspecified atom stereocenters. The number of carbonyl (C=O) groups is 1. The minimum Gasteiger partial charge on any atom is -0.460 e. The van der Waals surface area contributed by atoms with Crippen molar-refractivity contribution >= 4 is 24.4 Å². The van der Waals surface area contributed by atoms with Crippen LogP contribution in [0.15, 0.2) is 5.11 Å².